The molecule has 76 valence electrons. The quantitative estimate of drug-likeness (QED) is 0.731. The number of hydrogen-bond donors (Lipinski definition) is 2. The lowest BCUT2D eigenvalue weighted by Gasteiger charge is -2.10. The van der Waals surface area contributed by atoms with Crippen LogP contribution in [0.25, 0.3) is 0 Å². The second kappa shape index (κ2) is 4.93. The Kier molecular flexibility index (Phi) is 3.85. The van der Waals surface area contributed by atoms with Gasteiger partial charge in [-0.3, -0.25) is 4.79 Å². The summed E-state index contributed by atoms with van der Waals surface area (Å²) in [6.45, 7) is 2.22. The molecule has 14 heavy (non-hydrogen) atoms. The van der Waals surface area contributed by atoms with E-state index in [0.29, 0.717) is 17.4 Å². The molecule has 1 aromatic rings. The number of halogens is 1. The van der Waals surface area contributed by atoms with Crippen molar-refractivity contribution in [2.75, 3.05) is 6.54 Å². The molecule has 3 N–H and O–H groups in total. The van der Waals surface area contributed by atoms with E-state index in [1.807, 2.05) is 6.92 Å². The van der Waals surface area contributed by atoms with E-state index < -0.39 is 0 Å². The number of pyridine rings is 1. The molecular weight excluding hydrogens is 202 g/mol. The van der Waals surface area contributed by atoms with Gasteiger partial charge in [0.1, 0.15) is 10.8 Å². The third-order valence-electron chi connectivity index (χ3n) is 1.68. The Morgan fingerprint density at radius 1 is 1.71 bits per heavy atom. The first-order valence-corrected chi connectivity index (χ1v) is 4.64. The molecule has 1 rings (SSSR count). The van der Waals surface area contributed by atoms with Gasteiger partial charge in [0.05, 0.1) is 0 Å². The first-order chi connectivity index (χ1) is 6.63. The van der Waals surface area contributed by atoms with Crippen molar-refractivity contribution in [3.05, 3.63) is 29.0 Å². The van der Waals surface area contributed by atoms with Crippen molar-refractivity contribution in [2.45, 2.75) is 13.0 Å². The minimum atomic E-state index is -0.259. The van der Waals surface area contributed by atoms with Crippen LogP contribution in [0.15, 0.2) is 18.2 Å². The van der Waals surface area contributed by atoms with E-state index in [-0.39, 0.29) is 11.9 Å². The van der Waals surface area contributed by atoms with E-state index in [4.69, 9.17) is 17.3 Å². The number of aromatic nitrogens is 1. The van der Waals surface area contributed by atoms with Crippen LogP contribution in [0.1, 0.15) is 17.4 Å². The predicted octanol–water partition coefficient (Wildman–Crippen LogP) is 0.812. The van der Waals surface area contributed by atoms with E-state index in [1.54, 1.807) is 18.2 Å². The van der Waals surface area contributed by atoms with Crippen molar-refractivity contribution in [1.82, 2.24) is 10.3 Å². The van der Waals surface area contributed by atoms with E-state index in [0.717, 1.165) is 0 Å². The Balaban J connectivity index is 2.70. The van der Waals surface area contributed by atoms with Crippen molar-refractivity contribution in [2.24, 2.45) is 5.73 Å². The Hall–Kier alpha value is -1.13. The topological polar surface area (TPSA) is 68.0 Å². The summed E-state index contributed by atoms with van der Waals surface area (Å²) in [5, 5.41) is 2.99. The molecule has 4 nitrogen and oxygen atoms in total. The molecule has 0 saturated heterocycles. The summed E-state index contributed by atoms with van der Waals surface area (Å²) >= 11 is 5.64. The minimum Gasteiger partial charge on any atom is -0.347 e. The van der Waals surface area contributed by atoms with Gasteiger partial charge in [0.2, 0.25) is 0 Å². The van der Waals surface area contributed by atoms with Gasteiger partial charge in [-0.1, -0.05) is 17.7 Å². The smallest absolute Gasteiger partial charge is 0.270 e. The minimum absolute atomic E-state index is 0.0664. The number of rotatable bonds is 3. The van der Waals surface area contributed by atoms with E-state index in [1.165, 1.54) is 0 Å². The third-order valence-corrected chi connectivity index (χ3v) is 1.89. The van der Waals surface area contributed by atoms with Crippen LogP contribution in [0.5, 0.6) is 0 Å². The van der Waals surface area contributed by atoms with Gasteiger partial charge in [-0.2, -0.15) is 0 Å². The molecule has 1 atom stereocenters. The zero-order valence-electron chi connectivity index (χ0n) is 7.83. The number of carbonyl (C=O) groups excluding carboxylic acids is 1. The molecule has 0 unspecified atom stereocenters. The maximum Gasteiger partial charge on any atom is 0.270 e. The molecule has 0 bridgehead atoms. The fraction of sp³-hybridized carbons (Fsp3) is 0.333. The highest BCUT2D eigenvalue weighted by molar-refractivity contribution is 6.29. The van der Waals surface area contributed by atoms with Gasteiger partial charge in [0.15, 0.2) is 0 Å². The van der Waals surface area contributed by atoms with Gasteiger partial charge < -0.3 is 11.1 Å². The lowest BCUT2D eigenvalue weighted by molar-refractivity contribution is 0.0936. The largest absolute Gasteiger partial charge is 0.347 e. The zero-order chi connectivity index (χ0) is 10.6. The average Bonchev–Trinajstić information content (AvgIpc) is 2.17. The van der Waals surface area contributed by atoms with Gasteiger partial charge >= 0.3 is 0 Å². The van der Waals surface area contributed by atoms with Crippen molar-refractivity contribution < 1.29 is 4.79 Å². The molecule has 0 aliphatic rings. The molecule has 1 amide bonds. The molecule has 0 aromatic carbocycles. The highest BCUT2D eigenvalue weighted by Gasteiger charge is 2.09. The summed E-state index contributed by atoms with van der Waals surface area (Å²) in [7, 11) is 0. The van der Waals surface area contributed by atoms with E-state index in [9.17, 15) is 4.79 Å². The van der Waals surface area contributed by atoms with Crippen LogP contribution >= 0.6 is 11.6 Å². The molecule has 0 spiro atoms. The van der Waals surface area contributed by atoms with Gasteiger partial charge in [-0.25, -0.2) is 4.98 Å². The van der Waals surface area contributed by atoms with Crippen LogP contribution in [0, 0.1) is 0 Å². The monoisotopic (exact) mass is 213 g/mol. The van der Waals surface area contributed by atoms with E-state index in [2.05, 4.69) is 10.3 Å². The Morgan fingerprint density at radius 2 is 2.43 bits per heavy atom. The maximum absolute atomic E-state index is 11.5. The second-order valence-corrected chi connectivity index (χ2v) is 3.34. The van der Waals surface area contributed by atoms with Gasteiger partial charge in [0.25, 0.3) is 5.91 Å². The first kappa shape index (κ1) is 10.9. The number of hydrogen-bond acceptors (Lipinski definition) is 3. The summed E-state index contributed by atoms with van der Waals surface area (Å²) < 4.78 is 0. The predicted molar refractivity (Wildman–Crippen MR) is 55.2 cm³/mol. The lowest BCUT2D eigenvalue weighted by atomic mass is 10.3. The third kappa shape index (κ3) is 2.97. The summed E-state index contributed by atoms with van der Waals surface area (Å²) in [6, 6.07) is 4.83. The highest BCUT2D eigenvalue weighted by atomic mass is 35.5. The average molecular weight is 214 g/mol. The number of nitrogens with one attached hydrogen (secondary N) is 1. The summed E-state index contributed by atoms with van der Waals surface area (Å²) in [4.78, 5) is 15.4. The number of carbonyl (C=O) groups is 1. The van der Waals surface area contributed by atoms with Crippen LogP contribution in [-0.4, -0.2) is 23.5 Å². The van der Waals surface area contributed by atoms with Crippen LogP contribution < -0.4 is 11.1 Å². The molecule has 0 saturated carbocycles. The highest BCUT2D eigenvalue weighted by Crippen LogP contribution is 2.04. The fourth-order valence-corrected chi connectivity index (χ4v) is 1.06. The molecule has 0 fully saturated rings. The van der Waals surface area contributed by atoms with Gasteiger partial charge in [0, 0.05) is 12.6 Å². The van der Waals surface area contributed by atoms with Crippen LogP contribution in [0.4, 0.5) is 0 Å². The second-order valence-electron chi connectivity index (χ2n) is 2.96. The van der Waals surface area contributed by atoms with Crippen molar-refractivity contribution in [3.8, 4) is 0 Å². The molecular formula is C9H12ClN3O. The fourth-order valence-electron chi connectivity index (χ4n) is 0.891. The summed E-state index contributed by atoms with van der Waals surface area (Å²) in [5.41, 5.74) is 5.67. The Bertz CT molecular complexity index is 330. The van der Waals surface area contributed by atoms with Crippen molar-refractivity contribution in [1.29, 1.82) is 0 Å². The number of amides is 1. The zero-order valence-corrected chi connectivity index (χ0v) is 8.58. The van der Waals surface area contributed by atoms with Crippen LogP contribution in [0.2, 0.25) is 5.15 Å². The lowest BCUT2D eigenvalue weighted by Crippen LogP contribution is -2.38. The molecule has 0 aliphatic carbocycles. The maximum atomic E-state index is 11.5. The standard InChI is InChI=1S/C9H12ClN3O/c1-6(5-11)12-9(14)7-3-2-4-8(10)13-7/h2-4,6H,5,11H2,1H3,(H,12,14)/t6-/m1/s1. The Morgan fingerprint density at radius 3 is 3.00 bits per heavy atom. The molecule has 1 heterocycles. The summed E-state index contributed by atoms with van der Waals surface area (Å²) in [6.07, 6.45) is 0. The molecule has 5 heteroatoms. The van der Waals surface area contributed by atoms with Crippen molar-refractivity contribution in [3.63, 3.8) is 0 Å². The Labute approximate surface area is 87.5 Å². The van der Waals surface area contributed by atoms with Crippen LogP contribution in [-0.2, 0) is 0 Å². The van der Waals surface area contributed by atoms with E-state index >= 15 is 0 Å². The van der Waals surface area contributed by atoms with Crippen LogP contribution in [0.3, 0.4) is 0 Å². The summed E-state index contributed by atoms with van der Waals surface area (Å²) in [5.74, 6) is -0.259. The molecule has 1 aromatic heterocycles. The number of nitrogens with two attached hydrogens (primary N) is 1. The molecule has 0 aliphatic heterocycles. The SMILES string of the molecule is C[C@H](CN)NC(=O)c1cccc(Cl)n1. The van der Waals surface area contributed by atoms with Gasteiger partial charge in [-0.05, 0) is 19.1 Å². The first-order valence-electron chi connectivity index (χ1n) is 4.27. The van der Waals surface area contributed by atoms with Crippen molar-refractivity contribution >= 4 is 17.5 Å². The molecule has 0 radical (unpaired) electrons. The normalized spacial score (nSPS) is 12.2. The van der Waals surface area contributed by atoms with Gasteiger partial charge in [-0.15, -0.1) is 0 Å². The number of nitrogens with zero attached hydrogens (tertiary/aromatic N) is 1.